The first kappa shape index (κ1) is 15.9. The van der Waals surface area contributed by atoms with Crippen LogP contribution in [0.15, 0.2) is 12.1 Å². The molecule has 114 valence electrons. The zero-order chi connectivity index (χ0) is 15.7. The summed E-state index contributed by atoms with van der Waals surface area (Å²) in [7, 11) is 1.68. The molecule has 1 unspecified atom stereocenters. The molecule has 0 heterocycles. The summed E-state index contributed by atoms with van der Waals surface area (Å²) in [5, 5.41) is 12.1. The lowest BCUT2D eigenvalue weighted by Crippen LogP contribution is -2.39. The number of nitrogens with zero attached hydrogens (tertiary/aromatic N) is 1. The SMILES string of the molecule is CC(C1CC1)N(C)C(=O)Nc1c(Cl)cc(Cl)cc1C(=O)O. The molecule has 1 aromatic carbocycles. The van der Waals surface area contributed by atoms with Crippen molar-refractivity contribution in [3.63, 3.8) is 0 Å². The van der Waals surface area contributed by atoms with Crippen LogP contribution in [0.25, 0.3) is 0 Å². The molecule has 2 rings (SSSR count). The van der Waals surface area contributed by atoms with Gasteiger partial charge in [-0.3, -0.25) is 0 Å². The lowest BCUT2D eigenvalue weighted by molar-refractivity contribution is 0.0698. The Morgan fingerprint density at radius 1 is 1.38 bits per heavy atom. The number of carbonyl (C=O) groups is 2. The summed E-state index contributed by atoms with van der Waals surface area (Å²) in [6, 6.07) is 2.37. The minimum absolute atomic E-state index is 0.0633. The first-order valence-electron chi connectivity index (χ1n) is 6.57. The van der Waals surface area contributed by atoms with Crippen molar-refractivity contribution in [2.24, 2.45) is 5.92 Å². The Morgan fingerprint density at radius 2 is 2.00 bits per heavy atom. The number of amides is 2. The molecule has 1 atom stereocenters. The number of urea groups is 1. The van der Waals surface area contributed by atoms with E-state index in [0.29, 0.717) is 5.92 Å². The standard InChI is InChI=1S/C14H16Cl2N2O3/c1-7(8-3-4-8)18(2)14(21)17-12-10(13(19)20)5-9(15)6-11(12)16/h5-8H,3-4H2,1-2H3,(H,17,21)(H,19,20). The van der Waals surface area contributed by atoms with Crippen molar-refractivity contribution in [2.45, 2.75) is 25.8 Å². The van der Waals surface area contributed by atoms with Gasteiger partial charge in [-0.1, -0.05) is 23.2 Å². The maximum absolute atomic E-state index is 12.2. The number of hydrogen-bond donors (Lipinski definition) is 2. The highest BCUT2D eigenvalue weighted by Crippen LogP contribution is 2.35. The molecule has 1 fully saturated rings. The Hall–Kier alpha value is -1.46. The van der Waals surface area contributed by atoms with Crippen molar-refractivity contribution >= 4 is 40.9 Å². The molecule has 1 aliphatic carbocycles. The molecule has 1 aliphatic rings. The van der Waals surface area contributed by atoms with E-state index in [9.17, 15) is 14.7 Å². The van der Waals surface area contributed by atoms with Gasteiger partial charge in [-0.05, 0) is 37.8 Å². The monoisotopic (exact) mass is 330 g/mol. The van der Waals surface area contributed by atoms with Gasteiger partial charge >= 0.3 is 12.0 Å². The summed E-state index contributed by atoms with van der Waals surface area (Å²) in [6.07, 6.45) is 2.22. The fourth-order valence-corrected chi connectivity index (χ4v) is 2.68. The number of anilines is 1. The maximum atomic E-state index is 12.2. The number of rotatable bonds is 4. The lowest BCUT2D eigenvalue weighted by Gasteiger charge is -2.25. The molecule has 5 nitrogen and oxygen atoms in total. The largest absolute Gasteiger partial charge is 0.478 e. The second-order valence-corrected chi connectivity index (χ2v) is 6.08. The van der Waals surface area contributed by atoms with Crippen LogP contribution in [0, 0.1) is 5.92 Å². The molecule has 2 N–H and O–H groups in total. The van der Waals surface area contributed by atoms with E-state index in [0.717, 1.165) is 12.8 Å². The van der Waals surface area contributed by atoms with E-state index >= 15 is 0 Å². The second-order valence-electron chi connectivity index (χ2n) is 5.23. The molecular formula is C14H16Cl2N2O3. The normalized spacial score (nSPS) is 15.4. The Balaban J connectivity index is 2.22. The zero-order valence-electron chi connectivity index (χ0n) is 11.7. The van der Waals surface area contributed by atoms with Gasteiger partial charge in [0.1, 0.15) is 0 Å². The van der Waals surface area contributed by atoms with E-state index < -0.39 is 5.97 Å². The van der Waals surface area contributed by atoms with Gasteiger partial charge in [-0.15, -0.1) is 0 Å². The summed E-state index contributed by atoms with van der Waals surface area (Å²) < 4.78 is 0. The van der Waals surface area contributed by atoms with Crippen LogP contribution in [0.3, 0.4) is 0 Å². The zero-order valence-corrected chi connectivity index (χ0v) is 13.2. The number of carboxylic acids is 1. The van der Waals surface area contributed by atoms with E-state index in [1.165, 1.54) is 12.1 Å². The molecule has 0 saturated heterocycles. The van der Waals surface area contributed by atoms with E-state index in [-0.39, 0.29) is 33.4 Å². The third-order valence-corrected chi connectivity index (χ3v) is 4.27. The maximum Gasteiger partial charge on any atom is 0.337 e. The molecule has 1 aromatic rings. The quantitative estimate of drug-likeness (QED) is 0.877. The third-order valence-electron chi connectivity index (χ3n) is 3.75. The number of carbonyl (C=O) groups excluding carboxylic acids is 1. The van der Waals surface area contributed by atoms with Gasteiger partial charge in [0.2, 0.25) is 0 Å². The second kappa shape index (κ2) is 6.12. The van der Waals surface area contributed by atoms with Gasteiger partial charge in [0, 0.05) is 18.1 Å². The first-order valence-corrected chi connectivity index (χ1v) is 7.33. The van der Waals surface area contributed by atoms with Gasteiger partial charge in [-0.25, -0.2) is 9.59 Å². The molecule has 0 aromatic heterocycles. The number of halogens is 2. The van der Waals surface area contributed by atoms with E-state index in [2.05, 4.69) is 5.32 Å². The smallest absolute Gasteiger partial charge is 0.337 e. The van der Waals surface area contributed by atoms with Crippen LogP contribution >= 0.6 is 23.2 Å². The topological polar surface area (TPSA) is 69.6 Å². The third kappa shape index (κ3) is 3.60. The number of carboxylic acid groups (broad SMARTS) is 1. The summed E-state index contributed by atoms with van der Waals surface area (Å²) in [4.78, 5) is 25.0. The average molecular weight is 331 g/mol. The van der Waals surface area contributed by atoms with Crippen LogP contribution in [-0.2, 0) is 0 Å². The molecule has 0 aliphatic heterocycles. The Morgan fingerprint density at radius 3 is 2.52 bits per heavy atom. The van der Waals surface area contributed by atoms with Crippen LogP contribution < -0.4 is 5.32 Å². The highest BCUT2D eigenvalue weighted by atomic mass is 35.5. The molecule has 1 saturated carbocycles. The predicted octanol–water partition coefficient (Wildman–Crippen LogP) is 3.95. The Bertz CT molecular complexity index is 588. The number of aromatic carboxylic acids is 1. The van der Waals surface area contributed by atoms with E-state index in [1.54, 1.807) is 11.9 Å². The van der Waals surface area contributed by atoms with E-state index in [4.69, 9.17) is 23.2 Å². The van der Waals surface area contributed by atoms with Crippen LogP contribution in [0.1, 0.15) is 30.1 Å². The summed E-state index contributed by atoms with van der Waals surface area (Å²) >= 11 is 11.8. The molecule has 0 bridgehead atoms. The first-order chi connectivity index (χ1) is 9.81. The van der Waals surface area contributed by atoms with Crippen LogP contribution in [0.4, 0.5) is 10.5 Å². The van der Waals surface area contributed by atoms with Crippen LogP contribution in [0.5, 0.6) is 0 Å². The van der Waals surface area contributed by atoms with Gasteiger partial charge in [0.25, 0.3) is 0 Å². The van der Waals surface area contributed by atoms with Crippen molar-refractivity contribution < 1.29 is 14.7 Å². The lowest BCUT2D eigenvalue weighted by atomic mass is 10.1. The minimum Gasteiger partial charge on any atom is -0.478 e. The highest BCUT2D eigenvalue weighted by Gasteiger charge is 2.33. The summed E-state index contributed by atoms with van der Waals surface area (Å²) in [5.74, 6) is -0.687. The van der Waals surface area contributed by atoms with Crippen LogP contribution in [0.2, 0.25) is 10.0 Å². The predicted molar refractivity (Wildman–Crippen MR) is 82.4 cm³/mol. The average Bonchev–Trinajstić information content (AvgIpc) is 3.23. The van der Waals surface area contributed by atoms with Crippen molar-refractivity contribution in [3.8, 4) is 0 Å². The van der Waals surface area contributed by atoms with Gasteiger partial charge < -0.3 is 15.3 Å². The van der Waals surface area contributed by atoms with Crippen molar-refractivity contribution in [1.82, 2.24) is 4.90 Å². The fourth-order valence-electron chi connectivity index (χ4n) is 2.14. The fraction of sp³-hybridized carbons (Fsp3) is 0.429. The molecule has 2 amide bonds. The van der Waals surface area contributed by atoms with Gasteiger partial charge in [-0.2, -0.15) is 0 Å². The van der Waals surface area contributed by atoms with Crippen molar-refractivity contribution in [1.29, 1.82) is 0 Å². The molecular weight excluding hydrogens is 315 g/mol. The van der Waals surface area contributed by atoms with Crippen molar-refractivity contribution in [2.75, 3.05) is 12.4 Å². The molecule has 21 heavy (non-hydrogen) atoms. The summed E-state index contributed by atoms with van der Waals surface area (Å²) in [6.45, 7) is 1.97. The Labute approximate surface area is 132 Å². The minimum atomic E-state index is -1.20. The van der Waals surface area contributed by atoms with Crippen molar-refractivity contribution in [3.05, 3.63) is 27.7 Å². The molecule has 0 spiro atoms. The molecule has 7 heteroatoms. The Kier molecular flexibility index (Phi) is 4.64. The number of nitrogens with one attached hydrogen (secondary N) is 1. The summed E-state index contributed by atoms with van der Waals surface area (Å²) in [5.41, 5.74) is -0.0678. The molecule has 0 radical (unpaired) electrons. The van der Waals surface area contributed by atoms with E-state index in [1.807, 2.05) is 6.92 Å². The number of benzene rings is 1. The van der Waals surface area contributed by atoms with Crippen LogP contribution in [-0.4, -0.2) is 35.1 Å². The highest BCUT2D eigenvalue weighted by molar-refractivity contribution is 6.37. The number of hydrogen-bond acceptors (Lipinski definition) is 2. The van der Waals surface area contributed by atoms with Gasteiger partial charge in [0.15, 0.2) is 0 Å². The van der Waals surface area contributed by atoms with Gasteiger partial charge in [0.05, 0.1) is 16.3 Å².